The smallest absolute Gasteiger partial charge is 0.122 e. The first-order valence-electron chi connectivity index (χ1n) is 5.57. The molecule has 0 saturated carbocycles. The van der Waals surface area contributed by atoms with Crippen molar-refractivity contribution in [1.82, 2.24) is 0 Å². The molecule has 0 aliphatic rings. The van der Waals surface area contributed by atoms with Crippen LogP contribution in [0.5, 0.6) is 11.5 Å². The van der Waals surface area contributed by atoms with E-state index in [0.717, 1.165) is 16.5 Å². The van der Waals surface area contributed by atoms with Crippen molar-refractivity contribution in [1.29, 1.82) is 0 Å². The average Bonchev–Trinajstić information content (AvgIpc) is 2.37. The number of ether oxygens (including phenoxy) is 1. The summed E-state index contributed by atoms with van der Waals surface area (Å²) in [4.78, 5) is 0. The first kappa shape index (κ1) is 13.4. The summed E-state index contributed by atoms with van der Waals surface area (Å²) in [5, 5.41) is 22.1. The predicted octanol–water partition coefficient (Wildman–Crippen LogP) is 3.20. The molecular weight excluding hydrogens is 343 g/mol. The fourth-order valence-electron chi connectivity index (χ4n) is 1.89. The van der Waals surface area contributed by atoms with Gasteiger partial charge in [0.2, 0.25) is 0 Å². The van der Waals surface area contributed by atoms with Crippen molar-refractivity contribution in [3.05, 3.63) is 35.9 Å². The minimum Gasteiger partial charge on any atom is -0.508 e. The molecule has 2 rings (SSSR count). The number of hydrogen-bond acceptors (Lipinski definition) is 3. The minimum atomic E-state index is -1.04. The third kappa shape index (κ3) is 2.40. The van der Waals surface area contributed by atoms with Gasteiger partial charge in [-0.2, -0.15) is 0 Å². The number of aromatic hydroxyl groups is 1. The maximum atomic E-state index is 10.3. The Morgan fingerprint density at radius 2 is 1.94 bits per heavy atom. The van der Waals surface area contributed by atoms with Gasteiger partial charge in [0, 0.05) is 9.99 Å². The molecule has 4 heteroatoms. The summed E-state index contributed by atoms with van der Waals surface area (Å²) in [5.74, 6) is 0.877. The molecule has 0 aliphatic heterocycles. The molecule has 0 bridgehead atoms. The number of methoxy groups -OCH3 is 1. The number of halogens is 1. The molecule has 2 aromatic rings. The Kier molecular flexibility index (Phi) is 3.68. The summed E-state index contributed by atoms with van der Waals surface area (Å²) >= 11 is 2.10. The highest BCUT2D eigenvalue weighted by Crippen LogP contribution is 2.35. The van der Waals surface area contributed by atoms with Gasteiger partial charge in [0.15, 0.2) is 0 Å². The van der Waals surface area contributed by atoms with Crippen LogP contribution in [0, 0.1) is 0 Å². The van der Waals surface area contributed by atoms with Crippen LogP contribution >= 0.6 is 22.6 Å². The third-order valence-corrected chi connectivity index (χ3v) is 4.49. The normalized spacial score (nSPS) is 14.4. The summed E-state index contributed by atoms with van der Waals surface area (Å²) in [7, 11) is 1.61. The Hall–Kier alpha value is -1.01. The first-order chi connectivity index (χ1) is 8.47. The van der Waals surface area contributed by atoms with Crippen molar-refractivity contribution < 1.29 is 14.9 Å². The molecule has 2 N–H and O–H groups in total. The van der Waals surface area contributed by atoms with E-state index in [2.05, 4.69) is 22.6 Å². The zero-order valence-corrected chi connectivity index (χ0v) is 12.4. The molecule has 1 atom stereocenters. The van der Waals surface area contributed by atoms with Crippen molar-refractivity contribution in [2.75, 3.05) is 11.5 Å². The van der Waals surface area contributed by atoms with E-state index < -0.39 is 5.60 Å². The lowest BCUT2D eigenvalue weighted by Crippen LogP contribution is -2.22. The van der Waals surface area contributed by atoms with Crippen LogP contribution < -0.4 is 4.74 Å². The second kappa shape index (κ2) is 4.93. The van der Waals surface area contributed by atoms with Gasteiger partial charge in [0.05, 0.1) is 12.7 Å². The molecule has 0 saturated heterocycles. The van der Waals surface area contributed by atoms with Crippen LogP contribution in [0.25, 0.3) is 10.8 Å². The van der Waals surface area contributed by atoms with Gasteiger partial charge in [0.25, 0.3) is 0 Å². The standard InChI is InChI=1S/C14H15IO3/c1-14(17,8-15)12-6-10-5-11(18-2)4-3-9(10)7-13(12)16/h3-7,16-17H,8H2,1-2H3. The zero-order chi connectivity index (χ0) is 13.3. The molecule has 96 valence electrons. The molecule has 0 amide bonds. The molecule has 0 radical (unpaired) electrons. The Bertz CT molecular complexity index is 579. The lowest BCUT2D eigenvalue weighted by Gasteiger charge is -2.22. The molecule has 3 nitrogen and oxygen atoms in total. The molecule has 0 spiro atoms. The lowest BCUT2D eigenvalue weighted by atomic mass is 9.94. The Morgan fingerprint density at radius 3 is 2.56 bits per heavy atom. The monoisotopic (exact) mass is 358 g/mol. The number of fused-ring (bicyclic) bond motifs is 1. The van der Waals surface area contributed by atoms with E-state index in [9.17, 15) is 10.2 Å². The largest absolute Gasteiger partial charge is 0.508 e. The van der Waals surface area contributed by atoms with Crippen molar-refractivity contribution in [2.24, 2.45) is 0 Å². The molecule has 0 fully saturated rings. The number of aliphatic hydroxyl groups is 1. The van der Waals surface area contributed by atoms with Crippen LogP contribution in [0.4, 0.5) is 0 Å². The summed E-state index contributed by atoms with van der Waals surface area (Å²) in [6, 6.07) is 9.10. The highest BCUT2D eigenvalue weighted by atomic mass is 127. The molecular formula is C14H15IO3. The van der Waals surface area contributed by atoms with E-state index in [1.165, 1.54) is 0 Å². The number of hydrogen-bond donors (Lipinski definition) is 2. The first-order valence-corrected chi connectivity index (χ1v) is 7.10. The predicted molar refractivity (Wildman–Crippen MR) is 80.6 cm³/mol. The van der Waals surface area contributed by atoms with Gasteiger partial charge in [-0.05, 0) is 42.0 Å². The Labute approximate surface area is 120 Å². The molecule has 18 heavy (non-hydrogen) atoms. The highest BCUT2D eigenvalue weighted by Gasteiger charge is 2.25. The summed E-state index contributed by atoms with van der Waals surface area (Å²) in [5.41, 5.74) is -0.500. The minimum absolute atomic E-state index is 0.120. The van der Waals surface area contributed by atoms with Gasteiger partial charge in [-0.1, -0.05) is 28.7 Å². The van der Waals surface area contributed by atoms with Crippen LogP contribution in [-0.4, -0.2) is 21.8 Å². The van der Waals surface area contributed by atoms with Crippen LogP contribution in [0.1, 0.15) is 12.5 Å². The van der Waals surface area contributed by atoms with Crippen molar-refractivity contribution in [3.63, 3.8) is 0 Å². The SMILES string of the molecule is COc1ccc2cc(O)c(C(C)(O)CI)cc2c1. The van der Waals surface area contributed by atoms with Crippen LogP contribution in [-0.2, 0) is 5.60 Å². The summed E-state index contributed by atoms with van der Waals surface area (Å²) in [6.45, 7) is 1.69. The van der Waals surface area contributed by atoms with Crippen molar-refractivity contribution in [3.8, 4) is 11.5 Å². The molecule has 1 unspecified atom stereocenters. The quantitative estimate of drug-likeness (QED) is 0.655. The van der Waals surface area contributed by atoms with Crippen molar-refractivity contribution in [2.45, 2.75) is 12.5 Å². The molecule has 0 heterocycles. The van der Waals surface area contributed by atoms with E-state index in [1.807, 2.05) is 24.3 Å². The summed E-state index contributed by atoms with van der Waals surface area (Å²) in [6.07, 6.45) is 0. The van der Waals surface area contributed by atoms with E-state index in [0.29, 0.717) is 9.99 Å². The molecule has 0 aliphatic carbocycles. The zero-order valence-electron chi connectivity index (χ0n) is 10.3. The van der Waals surface area contributed by atoms with Gasteiger partial charge in [0.1, 0.15) is 11.5 Å². The number of alkyl halides is 1. The van der Waals surface area contributed by atoms with E-state index in [1.54, 1.807) is 20.1 Å². The fourth-order valence-corrected chi connectivity index (χ4v) is 2.31. The van der Waals surface area contributed by atoms with Gasteiger partial charge in [-0.15, -0.1) is 0 Å². The molecule has 2 aromatic carbocycles. The topological polar surface area (TPSA) is 49.7 Å². The van der Waals surface area contributed by atoms with Crippen LogP contribution in [0.2, 0.25) is 0 Å². The summed E-state index contributed by atoms with van der Waals surface area (Å²) < 4.78 is 5.69. The maximum absolute atomic E-state index is 10.3. The third-order valence-electron chi connectivity index (χ3n) is 3.00. The average molecular weight is 358 g/mol. The number of phenolic OH excluding ortho intramolecular Hbond substituents is 1. The van der Waals surface area contributed by atoms with E-state index in [4.69, 9.17) is 4.74 Å². The molecule has 0 aromatic heterocycles. The highest BCUT2D eigenvalue weighted by molar-refractivity contribution is 14.1. The second-order valence-electron chi connectivity index (χ2n) is 4.49. The van der Waals surface area contributed by atoms with Crippen molar-refractivity contribution >= 4 is 33.4 Å². The number of benzene rings is 2. The lowest BCUT2D eigenvalue weighted by molar-refractivity contribution is 0.0845. The second-order valence-corrected chi connectivity index (χ2v) is 5.25. The van der Waals surface area contributed by atoms with Gasteiger partial charge < -0.3 is 14.9 Å². The van der Waals surface area contributed by atoms with Gasteiger partial charge in [-0.25, -0.2) is 0 Å². The fraction of sp³-hybridized carbons (Fsp3) is 0.286. The van der Waals surface area contributed by atoms with Gasteiger partial charge >= 0.3 is 0 Å². The Morgan fingerprint density at radius 1 is 1.22 bits per heavy atom. The van der Waals surface area contributed by atoms with E-state index in [-0.39, 0.29) is 5.75 Å². The van der Waals surface area contributed by atoms with Crippen LogP contribution in [0.15, 0.2) is 30.3 Å². The van der Waals surface area contributed by atoms with Gasteiger partial charge in [-0.3, -0.25) is 0 Å². The number of phenols is 1. The Balaban J connectivity index is 2.65. The van der Waals surface area contributed by atoms with E-state index >= 15 is 0 Å². The maximum Gasteiger partial charge on any atom is 0.122 e. The van der Waals surface area contributed by atoms with Crippen LogP contribution in [0.3, 0.4) is 0 Å². The number of rotatable bonds is 3.